The van der Waals surface area contributed by atoms with Crippen molar-refractivity contribution in [2.45, 2.75) is 39.8 Å². The second-order valence-corrected chi connectivity index (χ2v) is 5.34. The van der Waals surface area contributed by atoms with Crippen LogP contribution in [-0.2, 0) is 13.1 Å². The lowest BCUT2D eigenvalue weighted by atomic mass is 10.1. The van der Waals surface area contributed by atoms with Crippen LogP contribution in [0.25, 0.3) is 0 Å². The van der Waals surface area contributed by atoms with Gasteiger partial charge in [-0.25, -0.2) is 0 Å². The van der Waals surface area contributed by atoms with Crippen LogP contribution in [0.1, 0.15) is 37.8 Å². The molecule has 1 rings (SSSR count). The van der Waals surface area contributed by atoms with Crippen LogP contribution in [-0.4, -0.2) is 31.6 Å². The molecule has 0 aliphatic heterocycles. The van der Waals surface area contributed by atoms with Gasteiger partial charge in [0.1, 0.15) is 5.75 Å². The smallest absolute Gasteiger partial charge is 0.123 e. The van der Waals surface area contributed by atoms with Crippen molar-refractivity contribution in [3.8, 4) is 5.75 Å². The number of ether oxygens (including phenoxy) is 1. The zero-order valence-corrected chi connectivity index (χ0v) is 13.8. The molecule has 1 aromatic carbocycles. The largest absolute Gasteiger partial charge is 0.496 e. The molecular weight excluding hydrogens is 260 g/mol. The van der Waals surface area contributed by atoms with Gasteiger partial charge in [0.15, 0.2) is 0 Å². The van der Waals surface area contributed by atoms with Gasteiger partial charge >= 0.3 is 0 Å². The highest BCUT2D eigenvalue weighted by Crippen LogP contribution is 2.21. The van der Waals surface area contributed by atoms with E-state index in [1.807, 2.05) is 6.08 Å². The highest BCUT2D eigenvalue weighted by Gasteiger charge is 2.08. The van der Waals surface area contributed by atoms with Crippen LogP contribution in [0, 0.1) is 0 Å². The molecule has 1 N–H and O–H groups in total. The molecule has 0 amide bonds. The third kappa shape index (κ3) is 6.32. The quantitative estimate of drug-likeness (QED) is 0.498. The van der Waals surface area contributed by atoms with Gasteiger partial charge < -0.3 is 10.1 Å². The fourth-order valence-electron chi connectivity index (χ4n) is 2.50. The normalized spacial score (nSPS) is 10.9. The van der Waals surface area contributed by atoms with Crippen molar-refractivity contribution in [1.29, 1.82) is 0 Å². The molecule has 0 aliphatic rings. The Hall–Kier alpha value is -1.32. The van der Waals surface area contributed by atoms with Crippen molar-refractivity contribution >= 4 is 0 Å². The Morgan fingerprint density at radius 2 is 1.95 bits per heavy atom. The number of hydrogen-bond acceptors (Lipinski definition) is 3. The van der Waals surface area contributed by atoms with Gasteiger partial charge in [0.05, 0.1) is 7.11 Å². The fraction of sp³-hybridized carbons (Fsp3) is 0.556. The Morgan fingerprint density at radius 1 is 1.24 bits per heavy atom. The summed E-state index contributed by atoms with van der Waals surface area (Å²) in [5.41, 5.74) is 2.52. The molecule has 0 heterocycles. The first kappa shape index (κ1) is 17.7. The molecule has 0 atom stereocenters. The maximum Gasteiger partial charge on any atom is 0.123 e. The second kappa shape index (κ2) is 10.4. The summed E-state index contributed by atoms with van der Waals surface area (Å²) in [7, 11) is 1.74. The van der Waals surface area contributed by atoms with E-state index in [1.54, 1.807) is 7.11 Å². The average Bonchev–Trinajstić information content (AvgIpc) is 2.49. The summed E-state index contributed by atoms with van der Waals surface area (Å²) in [6, 6.07) is 6.55. The predicted octanol–water partition coefficient (Wildman–Crippen LogP) is 3.59. The van der Waals surface area contributed by atoms with Crippen molar-refractivity contribution in [2.75, 3.05) is 26.7 Å². The van der Waals surface area contributed by atoms with Crippen LogP contribution >= 0.6 is 0 Å². The highest BCUT2D eigenvalue weighted by molar-refractivity contribution is 5.37. The number of rotatable bonds is 11. The summed E-state index contributed by atoms with van der Waals surface area (Å²) in [5.74, 6) is 0.969. The summed E-state index contributed by atoms with van der Waals surface area (Å²) in [5, 5.41) is 3.32. The molecule has 0 bridgehead atoms. The second-order valence-electron chi connectivity index (χ2n) is 5.34. The number of hydrogen-bond donors (Lipinski definition) is 1. The van der Waals surface area contributed by atoms with Crippen molar-refractivity contribution in [3.05, 3.63) is 42.0 Å². The van der Waals surface area contributed by atoms with Crippen molar-refractivity contribution in [2.24, 2.45) is 0 Å². The number of nitrogens with one attached hydrogen (secondary N) is 1. The number of benzene rings is 1. The molecular formula is C18H30N2O. The third-order valence-electron chi connectivity index (χ3n) is 3.44. The Bertz CT molecular complexity index is 412. The molecule has 118 valence electrons. The van der Waals surface area contributed by atoms with Crippen molar-refractivity contribution < 1.29 is 4.74 Å². The van der Waals surface area contributed by atoms with Gasteiger partial charge in [0.2, 0.25) is 0 Å². The summed E-state index contributed by atoms with van der Waals surface area (Å²) in [4.78, 5) is 2.50. The highest BCUT2D eigenvalue weighted by atomic mass is 16.5. The minimum absolute atomic E-state index is 0.809. The molecule has 0 unspecified atom stereocenters. The van der Waals surface area contributed by atoms with Crippen LogP contribution in [0.4, 0.5) is 0 Å². The molecule has 0 spiro atoms. The number of nitrogens with zero attached hydrogens (tertiary/aromatic N) is 1. The van der Waals surface area contributed by atoms with E-state index in [9.17, 15) is 0 Å². The molecule has 3 heteroatoms. The van der Waals surface area contributed by atoms with E-state index in [-0.39, 0.29) is 0 Å². The molecule has 1 aromatic rings. The minimum atomic E-state index is 0.809. The van der Waals surface area contributed by atoms with Crippen molar-refractivity contribution in [3.63, 3.8) is 0 Å². The van der Waals surface area contributed by atoms with Gasteiger partial charge in [-0.1, -0.05) is 32.1 Å². The zero-order chi connectivity index (χ0) is 15.5. The molecule has 0 radical (unpaired) electrons. The average molecular weight is 290 g/mol. The summed E-state index contributed by atoms with van der Waals surface area (Å²) in [6.45, 7) is 13.1. The lowest BCUT2D eigenvalue weighted by Crippen LogP contribution is -2.25. The van der Waals surface area contributed by atoms with E-state index < -0.39 is 0 Å². The van der Waals surface area contributed by atoms with Crippen LogP contribution in [0.5, 0.6) is 5.75 Å². The molecule has 0 saturated carbocycles. The molecule has 3 nitrogen and oxygen atoms in total. The Labute approximate surface area is 130 Å². The summed E-state index contributed by atoms with van der Waals surface area (Å²) in [6.07, 6.45) is 4.26. The van der Waals surface area contributed by atoms with Crippen LogP contribution in [0.15, 0.2) is 30.9 Å². The van der Waals surface area contributed by atoms with Gasteiger partial charge in [-0.2, -0.15) is 0 Å². The van der Waals surface area contributed by atoms with Gasteiger partial charge in [-0.15, -0.1) is 6.58 Å². The van der Waals surface area contributed by atoms with E-state index in [1.165, 1.54) is 24.0 Å². The summed E-state index contributed by atoms with van der Waals surface area (Å²) < 4.78 is 5.53. The maximum absolute atomic E-state index is 5.53. The van der Waals surface area contributed by atoms with Gasteiger partial charge in [-0.3, -0.25) is 4.90 Å². The fourth-order valence-corrected chi connectivity index (χ4v) is 2.50. The molecule has 0 saturated heterocycles. The lowest BCUT2D eigenvalue weighted by molar-refractivity contribution is 0.266. The minimum Gasteiger partial charge on any atom is -0.496 e. The maximum atomic E-state index is 5.53. The lowest BCUT2D eigenvalue weighted by Gasteiger charge is -2.21. The first-order valence-electron chi connectivity index (χ1n) is 7.94. The first-order valence-corrected chi connectivity index (χ1v) is 7.94. The van der Waals surface area contributed by atoms with Crippen LogP contribution in [0.2, 0.25) is 0 Å². The molecule has 0 aromatic heterocycles. The van der Waals surface area contributed by atoms with Gasteiger partial charge in [-0.05, 0) is 37.6 Å². The standard InChI is InChI=1S/C18H30N2O/c1-5-10-19-14-17-9-8-16(13-18(17)21-4)15-20(11-6-2)12-7-3/h5,8-9,13,19H,1,6-7,10-12,14-15H2,2-4H3. The van der Waals surface area contributed by atoms with E-state index in [4.69, 9.17) is 4.74 Å². The van der Waals surface area contributed by atoms with Crippen LogP contribution in [0.3, 0.4) is 0 Å². The SMILES string of the molecule is C=CCNCc1ccc(CN(CCC)CCC)cc1OC. The third-order valence-corrected chi connectivity index (χ3v) is 3.44. The zero-order valence-electron chi connectivity index (χ0n) is 13.8. The number of methoxy groups -OCH3 is 1. The van der Waals surface area contributed by atoms with Crippen molar-refractivity contribution in [1.82, 2.24) is 10.2 Å². The molecule has 21 heavy (non-hydrogen) atoms. The Balaban J connectivity index is 2.73. The van der Waals surface area contributed by atoms with E-state index in [2.05, 4.69) is 48.8 Å². The first-order chi connectivity index (χ1) is 10.2. The predicted molar refractivity (Wildman–Crippen MR) is 90.8 cm³/mol. The van der Waals surface area contributed by atoms with Crippen LogP contribution < -0.4 is 10.1 Å². The molecule has 0 aliphatic carbocycles. The van der Waals surface area contributed by atoms with Gasteiger partial charge in [0, 0.05) is 25.2 Å². The Kier molecular flexibility index (Phi) is 8.79. The monoisotopic (exact) mass is 290 g/mol. The topological polar surface area (TPSA) is 24.5 Å². The summed E-state index contributed by atoms with van der Waals surface area (Å²) >= 11 is 0. The van der Waals surface area contributed by atoms with E-state index >= 15 is 0 Å². The Morgan fingerprint density at radius 3 is 2.52 bits per heavy atom. The van der Waals surface area contributed by atoms with Gasteiger partial charge in [0.25, 0.3) is 0 Å². The van der Waals surface area contributed by atoms with E-state index in [0.717, 1.165) is 38.5 Å². The van der Waals surface area contributed by atoms with E-state index in [0.29, 0.717) is 0 Å². The molecule has 0 fully saturated rings.